The highest BCUT2D eigenvalue weighted by Crippen LogP contribution is 2.52. The monoisotopic (exact) mass is 1600 g/mol. The first-order chi connectivity index (χ1) is 59.5. The molecule has 0 saturated carbocycles. The third-order valence-corrected chi connectivity index (χ3v) is 26.9. The van der Waals surface area contributed by atoms with E-state index in [2.05, 4.69) is 434 Å². The Bertz CT molecular complexity index is 7960. The van der Waals surface area contributed by atoms with Crippen molar-refractivity contribution < 1.29 is 0 Å². The molecule has 2 aliphatic rings. The molecule has 0 atom stereocenters. The Labute approximate surface area is 723 Å². The van der Waals surface area contributed by atoms with Gasteiger partial charge in [-0.25, -0.2) is 0 Å². The van der Waals surface area contributed by atoms with Crippen LogP contribution in [0.4, 0.5) is 34.1 Å². The molecule has 22 rings (SSSR count). The fourth-order valence-electron chi connectivity index (χ4n) is 20.5. The van der Waals surface area contributed by atoms with Crippen molar-refractivity contribution in [3.8, 4) is 46.6 Å². The maximum absolute atomic E-state index is 12.8. The summed E-state index contributed by atoms with van der Waals surface area (Å²) in [6.07, 6.45) is 0. The average Bonchev–Trinajstić information content (AvgIpc) is 0.819. The van der Waals surface area contributed by atoms with Crippen LogP contribution >= 0.6 is 0 Å². The lowest BCUT2D eigenvalue weighted by molar-refractivity contribution is 0.590. The largest absolute Gasteiger partial charge is 0.311 e. The second-order valence-corrected chi connectivity index (χ2v) is 39.6. The van der Waals surface area contributed by atoms with Gasteiger partial charge in [-0.1, -0.05) is 225 Å². The molecule has 2 aliphatic heterocycles. The van der Waals surface area contributed by atoms with Crippen LogP contribution in [-0.2, 0) is 27.1 Å². The average molecular weight is 1600 g/mol. The van der Waals surface area contributed by atoms with Crippen LogP contribution in [-0.4, -0.2) is 29.5 Å². The van der Waals surface area contributed by atoms with Gasteiger partial charge in [0.2, 0.25) is 0 Å². The third kappa shape index (κ3) is 11.3. The van der Waals surface area contributed by atoms with E-state index >= 15 is 0 Å². The first-order valence-electron chi connectivity index (χ1n) is 43.3. The normalized spacial score (nSPS) is 13.2. The van der Waals surface area contributed by atoms with Crippen molar-refractivity contribution in [3.63, 3.8) is 0 Å². The van der Waals surface area contributed by atoms with E-state index in [9.17, 15) is 15.8 Å². The highest BCUT2D eigenvalue weighted by atomic mass is 15.2. The molecule has 0 radical (unpaired) electrons. The maximum atomic E-state index is 12.8. The van der Waals surface area contributed by atoms with Crippen LogP contribution in [0.3, 0.4) is 0 Å². The van der Waals surface area contributed by atoms with E-state index in [4.69, 9.17) is 0 Å². The van der Waals surface area contributed by atoms with Crippen molar-refractivity contribution in [2.75, 3.05) is 9.80 Å². The van der Waals surface area contributed by atoms with Crippen molar-refractivity contribution in [3.05, 3.63) is 336 Å². The summed E-state index contributed by atoms with van der Waals surface area (Å²) in [5.74, 6) is 0. The zero-order valence-corrected chi connectivity index (χ0v) is 72.8. The van der Waals surface area contributed by atoms with Gasteiger partial charge in [0.15, 0.2) is 0 Å². The molecule has 0 fully saturated rings. The summed E-state index contributed by atoms with van der Waals surface area (Å²) in [7, 11) is 0. The molecule has 0 saturated heterocycles. The lowest BCUT2D eigenvalue weighted by Crippen LogP contribution is -2.61. The Morgan fingerprint density at radius 2 is 0.548 bits per heavy atom. The van der Waals surface area contributed by atoms with Crippen LogP contribution in [0.1, 0.15) is 148 Å². The van der Waals surface area contributed by atoms with Gasteiger partial charge in [0.25, 0.3) is 6.71 Å². The quantitative estimate of drug-likeness (QED) is 0.148. The molecule has 0 aliphatic carbocycles. The maximum Gasteiger partial charge on any atom is 0.252 e. The highest BCUT2D eigenvalue weighted by Gasteiger charge is 2.46. The SMILES string of the molecule is CC(C)(C)c1ccc2c(c1)c1cc(C#N)ccc1n2-c1cc2c3c(c1)N(c1cccc(-n4c5ccccc5c5ccccc54)c1C#N)c1cc(-n4c5ccc(C(C)(C)C)cc5c5cc(C(C)(C)C)ccc54)ccc1B3c1ccc(-n3c4ccc(C(C)(C)C)cc4c4cc(C(C)(C)C)ccc43)cc1N2c1ccc(C#N)c(-n2c3ccccc3c3ccccc32)c1. The van der Waals surface area contributed by atoms with Gasteiger partial charge >= 0.3 is 0 Å². The molecule has 598 valence electrons. The number of nitriles is 3. The molecule has 124 heavy (non-hydrogen) atoms. The minimum Gasteiger partial charge on any atom is -0.311 e. The minimum absolute atomic E-state index is 0.122. The van der Waals surface area contributed by atoms with Gasteiger partial charge in [-0.3, -0.25) is 0 Å². The van der Waals surface area contributed by atoms with Crippen LogP contribution < -0.4 is 26.2 Å². The van der Waals surface area contributed by atoms with Crippen molar-refractivity contribution in [1.82, 2.24) is 22.8 Å². The summed E-state index contributed by atoms with van der Waals surface area (Å²) in [5.41, 5.74) is 30.0. The van der Waals surface area contributed by atoms with Crippen molar-refractivity contribution in [2.24, 2.45) is 0 Å². The standard InChI is InChI=1S/C113H93BN10/c1-109(2,3)69-41-52-102-83(54-69)82-53-67(64-115)35-47-97(82)121(102)77-62-106-108-107(63-77)124(96-34-24-33-95(88(96)66-117)122-91-29-20-16-25-78(91)79-26-17-21-30-92(79)122)105-61-76(119-100-50-39-72(112(10,11)12)57-86(100)87-58-73(113(13,14)15)40-51-101(87)119)44-46-90(105)114(108)89-45-43-75(118-98-48-37-70(110(4,5)6)55-84(98)85-56-71(111(7,8)9)38-49-99(85)118)60-104(89)120(106)74-42-36-68(65-116)103(59-74)123-93-31-22-18-27-80(93)81-28-19-23-32-94(81)123/h16-63H,1-15H3. The molecule has 5 aromatic heterocycles. The Morgan fingerprint density at radius 1 is 0.226 bits per heavy atom. The number of aromatic nitrogens is 5. The van der Waals surface area contributed by atoms with Crippen LogP contribution in [0.25, 0.3) is 137 Å². The van der Waals surface area contributed by atoms with E-state index in [0.29, 0.717) is 22.4 Å². The Balaban J connectivity index is 0.912. The lowest BCUT2D eigenvalue weighted by Gasteiger charge is -2.45. The molecule has 0 bridgehead atoms. The summed E-state index contributed by atoms with van der Waals surface area (Å²) in [4.78, 5) is 4.93. The van der Waals surface area contributed by atoms with Gasteiger partial charge in [0, 0.05) is 93.7 Å². The van der Waals surface area contributed by atoms with Crippen LogP contribution in [0, 0.1) is 34.0 Å². The molecule has 0 spiro atoms. The van der Waals surface area contributed by atoms with Crippen LogP contribution in [0.2, 0.25) is 0 Å². The van der Waals surface area contributed by atoms with Gasteiger partial charge in [0.1, 0.15) is 17.7 Å². The topological polar surface area (TPSA) is 102 Å². The minimum atomic E-state index is -0.449. The molecule has 20 aromatic rings. The number of benzene rings is 15. The van der Waals surface area contributed by atoms with Gasteiger partial charge in [-0.2, -0.15) is 15.8 Å². The van der Waals surface area contributed by atoms with Crippen molar-refractivity contribution >= 4 is 166 Å². The molecule has 0 N–H and O–H groups in total. The number of para-hydroxylation sites is 4. The summed E-state index contributed by atoms with van der Waals surface area (Å²) in [6.45, 7) is 33.9. The molecule has 0 unspecified atom stereocenters. The Hall–Kier alpha value is -14.6. The molecular weight excluding hydrogens is 1510 g/mol. The molecule has 10 nitrogen and oxygen atoms in total. The summed E-state index contributed by atoms with van der Waals surface area (Å²) in [5, 5.41) is 46.5. The second kappa shape index (κ2) is 26.7. The Morgan fingerprint density at radius 3 is 0.935 bits per heavy atom. The van der Waals surface area contributed by atoms with Gasteiger partial charge in [0.05, 0.1) is 95.1 Å². The second-order valence-electron chi connectivity index (χ2n) is 39.6. The van der Waals surface area contributed by atoms with E-state index in [1.807, 2.05) is 12.1 Å². The number of hydrogen-bond donors (Lipinski definition) is 0. The van der Waals surface area contributed by atoms with Gasteiger partial charge < -0.3 is 32.6 Å². The molecule has 11 heteroatoms. The first-order valence-corrected chi connectivity index (χ1v) is 43.3. The van der Waals surface area contributed by atoms with E-state index < -0.39 is 6.71 Å². The van der Waals surface area contributed by atoms with E-state index in [0.717, 1.165) is 161 Å². The van der Waals surface area contributed by atoms with E-state index in [-0.39, 0.29) is 27.1 Å². The fraction of sp³-hybridized carbons (Fsp3) is 0.177. The zero-order chi connectivity index (χ0) is 85.4. The third-order valence-electron chi connectivity index (χ3n) is 26.9. The first kappa shape index (κ1) is 75.6. The van der Waals surface area contributed by atoms with Crippen molar-refractivity contribution in [1.29, 1.82) is 15.8 Å². The fourth-order valence-corrected chi connectivity index (χ4v) is 20.5. The smallest absolute Gasteiger partial charge is 0.252 e. The van der Waals surface area contributed by atoms with E-state index in [1.165, 1.54) is 49.4 Å². The Kier molecular flexibility index (Phi) is 16.3. The molecule has 7 heterocycles. The van der Waals surface area contributed by atoms with Gasteiger partial charge in [-0.05, 0) is 241 Å². The van der Waals surface area contributed by atoms with Gasteiger partial charge in [-0.15, -0.1) is 0 Å². The summed E-state index contributed by atoms with van der Waals surface area (Å²) < 4.78 is 11.9. The number of nitrogens with zero attached hydrogens (tertiary/aromatic N) is 10. The van der Waals surface area contributed by atoms with Crippen LogP contribution in [0.5, 0.6) is 0 Å². The summed E-state index contributed by atoms with van der Waals surface area (Å²) in [6, 6.07) is 116. The lowest BCUT2D eigenvalue weighted by atomic mass is 9.33. The molecular formula is C113H93BN10. The number of anilines is 6. The molecule has 0 amide bonds. The number of hydrogen-bond acceptors (Lipinski definition) is 5. The summed E-state index contributed by atoms with van der Waals surface area (Å²) >= 11 is 0. The molecule has 15 aromatic carbocycles. The number of rotatable bonds is 7. The predicted molar refractivity (Wildman–Crippen MR) is 520 cm³/mol. The number of fused-ring (bicyclic) bond motifs is 19. The predicted octanol–water partition coefficient (Wildman–Crippen LogP) is 27.4. The van der Waals surface area contributed by atoms with Crippen LogP contribution in [0.15, 0.2) is 291 Å². The zero-order valence-electron chi connectivity index (χ0n) is 72.8. The highest BCUT2D eigenvalue weighted by molar-refractivity contribution is 7.00. The van der Waals surface area contributed by atoms with E-state index in [1.54, 1.807) is 0 Å². The van der Waals surface area contributed by atoms with Crippen molar-refractivity contribution in [2.45, 2.75) is 131 Å².